The molecule has 1 aromatic carbocycles. The number of nitrogens with zero attached hydrogens (tertiary/aromatic N) is 3. The molecule has 398 valence electrons. The second-order valence-electron chi connectivity index (χ2n) is 19.9. The van der Waals surface area contributed by atoms with Crippen molar-refractivity contribution in [2.45, 2.75) is 147 Å². The molecular formula is C52H82N6O13. The van der Waals surface area contributed by atoms with E-state index in [1.807, 2.05) is 32.0 Å². The molecule has 0 radical (unpaired) electrons. The minimum absolute atomic E-state index is 0.0142. The van der Waals surface area contributed by atoms with Crippen LogP contribution >= 0.6 is 0 Å². The zero-order valence-corrected chi connectivity index (χ0v) is 43.5. The number of rotatable bonds is 30. The van der Waals surface area contributed by atoms with Gasteiger partial charge in [0, 0.05) is 46.4 Å². The van der Waals surface area contributed by atoms with Gasteiger partial charge in [-0.1, -0.05) is 70.4 Å². The molecule has 1 aromatic rings. The molecule has 7 amide bonds. The Bertz CT molecular complexity index is 1910. The molecule has 2 aliphatic heterocycles. The molecule has 71 heavy (non-hydrogen) atoms. The maximum atomic E-state index is 14.7. The van der Waals surface area contributed by atoms with Crippen LogP contribution in [0.3, 0.4) is 0 Å². The molecule has 1 saturated heterocycles. The third-order valence-electron chi connectivity index (χ3n) is 14.0. The van der Waals surface area contributed by atoms with Crippen LogP contribution in [0, 0.1) is 17.8 Å². The molecule has 1 aliphatic carbocycles. The number of aliphatic hydroxyl groups is 1. The largest absolute Gasteiger partial charge is 0.386 e. The zero-order chi connectivity index (χ0) is 52.3. The van der Waals surface area contributed by atoms with Gasteiger partial charge in [0.25, 0.3) is 11.8 Å². The maximum absolute atomic E-state index is 14.7. The summed E-state index contributed by atoms with van der Waals surface area (Å²) in [7, 11) is 4.81. The fourth-order valence-corrected chi connectivity index (χ4v) is 9.82. The molecule has 0 bridgehead atoms. The van der Waals surface area contributed by atoms with Gasteiger partial charge in [-0.05, 0) is 63.9 Å². The Labute approximate surface area is 420 Å². The first kappa shape index (κ1) is 58.8. The number of aliphatic hydroxyl groups excluding tert-OH is 1. The lowest BCUT2D eigenvalue weighted by Crippen LogP contribution is -2.62. The summed E-state index contributed by atoms with van der Waals surface area (Å²) in [5.41, 5.74) is -0.691. The van der Waals surface area contributed by atoms with Gasteiger partial charge in [0.05, 0.1) is 95.0 Å². The molecule has 3 aliphatic rings. The Morgan fingerprint density at radius 2 is 1.41 bits per heavy atom. The lowest BCUT2D eigenvalue weighted by atomic mass is 9.80. The highest BCUT2D eigenvalue weighted by atomic mass is 16.5. The average Bonchev–Trinajstić information content (AvgIpc) is 3.97. The van der Waals surface area contributed by atoms with E-state index in [4.69, 9.17) is 23.7 Å². The van der Waals surface area contributed by atoms with Crippen molar-refractivity contribution in [3.63, 3.8) is 0 Å². The number of carbonyl (C=O) groups is 7. The van der Waals surface area contributed by atoms with Gasteiger partial charge in [0.15, 0.2) is 0 Å². The first-order chi connectivity index (χ1) is 33.8. The molecule has 0 aromatic heterocycles. The summed E-state index contributed by atoms with van der Waals surface area (Å²) in [5.74, 6) is -3.41. The van der Waals surface area contributed by atoms with E-state index in [0.717, 1.165) is 43.4 Å². The number of imide groups is 1. The molecule has 1 unspecified atom stereocenters. The van der Waals surface area contributed by atoms with Crippen LogP contribution < -0.4 is 16.0 Å². The maximum Gasteiger partial charge on any atom is 0.253 e. The minimum Gasteiger partial charge on any atom is -0.386 e. The fraction of sp³-hybridized carbons (Fsp3) is 0.712. The van der Waals surface area contributed by atoms with Crippen LogP contribution in [0.2, 0.25) is 0 Å². The van der Waals surface area contributed by atoms with Gasteiger partial charge >= 0.3 is 0 Å². The van der Waals surface area contributed by atoms with Gasteiger partial charge < -0.3 is 54.5 Å². The number of hydrogen-bond donors (Lipinski definition) is 4. The van der Waals surface area contributed by atoms with Crippen LogP contribution in [-0.2, 0) is 57.2 Å². The van der Waals surface area contributed by atoms with Crippen LogP contribution in [0.15, 0.2) is 42.5 Å². The number of amides is 7. The second-order valence-corrected chi connectivity index (χ2v) is 19.9. The molecule has 19 nitrogen and oxygen atoms in total. The summed E-state index contributed by atoms with van der Waals surface area (Å²) in [6, 6.07) is 6.72. The van der Waals surface area contributed by atoms with E-state index in [-0.39, 0.29) is 106 Å². The fourth-order valence-electron chi connectivity index (χ4n) is 9.82. The number of likely N-dealkylation sites (tertiary alicyclic amines) is 1. The SMILES string of the molecule is COC(CC(=O)N1CCC[C@H]1[C@H](OC)[C@@H](C)C(=O)N[C@H](C)[C@@H](O)c1ccccc1)[C@H](C1CCCCC1)N(C)C(=O)[C@H](NC(=O)C(C)(C)NC(=O)CCOCCOCCOCCN1C(=O)C=CC1=O)C(C)C. The summed E-state index contributed by atoms with van der Waals surface area (Å²) < 4.78 is 28.6. The smallest absolute Gasteiger partial charge is 0.253 e. The summed E-state index contributed by atoms with van der Waals surface area (Å²) in [6.45, 7) is 12.3. The lowest BCUT2D eigenvalue weighted by molar-refractivity contribution is -0.148. The van der Waals surface area contributed by atoms with Gasteiger partial charge in [0.2, 0.25) is 29.5 Å². The van der Waals surface area contributed by atoms with Crippen molar-refractivity contribution in [3.8, 4) is 0 Å². The van der Waals surface area contributed by atoms with Crippen molar-refractivity contribution in [1.29, 1.82) is 0 Å². The van der Waals surface area contributed by atoms with Gasteiger partial charge in [-0.2, -0.15) is 0 Å². The molecule has 8 atom stereocenters. The third kappa shape index (κ3) is 17.2. The van der Waals surface area contributed by atoms with Gasteiger partial charge in [0.1, 0.15) is 11.6 Å². The molecule has 0 spiro atoms. The molecular weight excluding hydrogens is 917 g/mol. The van der Waals surface area contributed by atoms with Crippen molar-refractivity contribution in [2.75, 3.05) is 74.0 Å². The van der Waals surface area contributed by atoms with E-state index in [1.165, 1.54) is 12.2 Å². The van der Waals surface area contributed by atoms with Crippen molar-refractivity contribution in [2.24, 2.45) is 17.8 Å². The molecule has 2 heterocycles. The van der Waals surface area contributed by atoms with Crippen LogP contribution in [0.25, 0.3) is 0 Å². The van der Waals surface area contributed by atoms with E-state index in [9.17, 15) is 38.7 Å². The molecule has 2 fully saturated rings. The Hall–Kier alpha value is -4.79. The Kier molecular flexibility index (Phi) is 24.0. The number of ether oxygens (including phenoxy) is 5. The van der Waals surface area contributed by atoms with E-state index in [2.05, 4.69) is 16.0 Å². The third-order valence-corrected chi connectivity index (χ3v) is 14.0. The van der Waals surface area contributed by atoms with Crippen molar-refractivity contribution in [1.82, 2.24) is 30.7 Å². The summed E-state index contributed by atoms with van der Waals surface area (Å²) in [5, 5.41) is 19.6. The first-order valence-electron chi connectivity index (χ1n) is 25.4. The van der Waals surface area contributed by atoms with Crippen molar-refractivity contribution in [3.05, 3.63) is 48.0 Å². The van der Waals surface area contributed by atoms with Crippen molar-refractivity contribution < 1.29 is 62.4 Å². The summed E-state index contributed by atoms with van der Waals surface area (Å²) in [4.78, 5) is 97.3. The number of carbonyl (C=O) groups excluding carboxylic acids is 7. The summed E-state index contributed by atoms with van der Waals surface area (Å²) in [6.07, 6.45) is 6.26. The highest BCUT2D eigenvalue weighted by Gasteiger charge is 2.44. The van der Waals surface area contributed by atoms with E-state index >= 15 is 0 Å². The van der Waals surface area contributed by atoms with E-state index < -0.39 is 59.7 Å². The molecule has 19 heteroatoms. The van der Waals surface area contributed by atoms with Gasteiger partial charge in [-0.15, -0.1) is 0 Å². The quantitative estimate of drug-likeness (QED) is 0.0643. The molecule has 1 saturated carbocycles. The Morgan fingerprint density at radius 3 is 2.00 bits per heavy atom. The topological polar surface area (TPSA) is 232 Å². The normalized spacial score (nSPS) is 19.5. The number of hydrogen-bond acceptors (Lipinski definition) is 13. The van der Waals surface area contributed by atoms with E-state index in [0.29, 0.717) is 18.5 Å². The number of nitrogens with one attached hydrogen (secondary N) is 3. The van der Waals surface area contributed by atoms with Crippen molar-refractivity contribution >= 4 is 41.4 Å². The lowest BCUT2D eigenvalue weighted by Gasteiger charge is -2.43. The number of methoxy groups -OCH3 is 2. The number of likely N-dealkylation sites (N-methyl/N-ethyl adjacent to an activating group) is 1. The van der Waals surface area contributed by atoms with E-state index in [1.54, 1.807) is 70.9 Å². The first-order valence-corrected chi connectivity index (χ1v) is 25.4. The van der Waals surface area contributed by atoms with Crippen LogP contribution in [0.1, 0.15) is 111 Å². The predicted molar refractivity (Wildman–Crippen MR) is 264 cm³/mol. The molecule has 4 N–H and O–H groups in total. The zero-order valence-electron chi connectivity index (χ0n) is 43.5. The molecule has 4 rings (SSSR count). The minimum atomic E-state index is -1.38. The predicted octanol–water partition coefficient (Wildman–Crippen LogP) is 3.08. The Morgan fingerprint density at radius 1 is 0.803 bits per heavy atom. The van der Waals surface area contributed by atoms with Crippen LogP contribution in [0.5, 0.6) is 0 Å². The number of benzene rings is 1. The van der Waals surface area contributed by atoms with Gasteiger partial charge in [-0.25, -0.2) is 0 Å². The monoisotopic (exact) mass is 999 g/mol. The Balaban J connectivity index is 1.30. The second kappa shape index (κ2) is 29.0. The van der Waals surface area contributed by atoms with Crippen LogP contribution in [-0.4, -0.2) is 177 Å². The highest BCUT2D eigenvalue weighted by Crippen LogP contribution is 2.34. The highest BCUT2D eigenvalue weighted by molar-refractivity contribution is 6.12. The van der Waals surface area contributed by atoms with Crippen LogP contribution in [0.4, 0.5) is 0 Å². The standard InChI is InChI=1S/C52H82N6O13/c1-34(2)45(54-51(66)52(5,6)55-41(59)24-27-69-29-31-71-32-30-70-28-26-58-42(60)22-23-43(58)61)50(65)56(7)46(37-17-12-10-13-18-37)40(67-8)33-44(62)57-25-16-21-39(57)48(68-9)35(3)49(64)53-36(4)47(63)38-19-14-11-15-20-38/h11,14-15,19-20,22-23,34-37,39-40,45-48,63H,10,12-13,16-18,21,24-33H2,1-9H3,(H,53,64)(H,54,66)(H,55,59)/t35-,36-,39+,40?,45-,46+,47-,48-/m1/s1. The average molecular weight is 999 g/mol. The summed E-state index contributed by atoms with van der Waals surface area (Å²) >= 11 is 0. The van der Waals surface area contributed by atoms with Gasteiger partial charge in [-0.3, -0.25) is 38.5 Å².